The Labute approximate surface area is 124 Å². The highest BCUT2D eigenvalue weighted by molar-refractivity contribution is 6.15. The fraction of sp³-hybridized carbons (Fsp3) is 0.412. The number of rotatable bonds is 2. The number of benzene rings is 1. The number of amides is 2. The van der Waals surface area contributed by atoms with Crippen LogP contribution in [0, 0.1) is 11.8 Å². The smallest absolute Gasteiger partial charge is 0.233 e. The topological polar surface area (TPSA) is 57.6 Å². The molecule has 1 heterocycles. The van der Waals surface area contributed by atoms with Crippen molar-refractivity contribution in [2.75, 3.05) is 11.5 Å². The van der Waals surface area contributed by atoms with Crippen LogP contribution in [0.3, 0.4) is 0 Å². The Hall–Kier alpha value is -2.12. The molecule has 0 atom stereocenters. The van der Waals surface area contributed by atoms with Gasteiger partial charge in [0, 0.05) is 18.4 Å². The van der Waals surface area contributed by atoms with Gasteiger partial charge in [0.2, 0.25) is 11.8 Å². The first-order chi connectivity index (χ1) is 10.2. The molecule has 21 heavy (non-hydrogen) atoms. The molecule has 0 saturated carbocycles. The number of aryl methyl sites for hydroxylation is 1. The van der Waals surface area contributed by atoms with Gasteiger partial charge in [-0.1, -0.05) is 18.8 Å². The van der Waals surface area contributed by atoms with Gasteiger partial charge in [-0.25, -0.2) is 0 Å². The minimum Gasteiger partial charge on any atom is -0.384 e. The minimum atomic E-state index is -0.188. The molecule has 1 aliphatic heterocycles. The van der Waals surface area contributed by atoms with E-state index < -0.39 is 0 Å². The van der Waals surface area contributed by atoms with E-state index in [2.05, 4.69) is 11.8 Å². The van der Waals surface area contributed by atoms with Crippen molar-refractivity contribution in [3.8, 4) is 11.8 Å². The summed E-state index contributed by atoms with van der Waals surface area (Å²) in [6, 6.07) is 5.44. The molecule has 1 aromatic rings. The van der Waals surface area contributed by atoms with Gasteiger partial charge in [0.05, 0.1) is 5.69 Å². The molecule has 0 aromatic heterocycles. The van der Waals surface area contributed by atoms with E-state index in [1.165, 1.54) is 4.90 Å². The van der Waals surface area contributed by atoms with Gasteiger partial charge in [-0.2, -0.15) is 0 Å². The fourth-order valence-electron chi connectivity index (χ4n) is 2.49. The monoisotopic (exact) mass is 285 g/mol. The summed E-state index contributed by atoms with van der Waals surface area (Å²) in [6.45, 7) is 1.79. The lowest BCUT2D eigenvalue weighted by Gasteiger charge is -2.21. The summed E-state index contributed by atoms with van der Waals surface area (Å²) in [5.74, 6) is 5.20. The predicted molar refractivity (Wildman–Crippen MR) is 80.7 cm³/mol. The number of hydrogen-bond donors (Lipinski definition) is 1. The summed E-state index contributed by atoms with van der Waals surface area (Å²) in [5.41, 5.74) is 2.37. The fourth-order valence-corrected chi connectivity index (χ4v) is 2.49. The second-order valence-corrected chi connectivity index (χ2v) is 4.99. The lowest BCUT2D eigenvalue weighted by Crippen LogP contribution is -2.35. The van der Waals surface area contributed by atoms with Gasteiger partial charge in [0.25, 0.3) is 0 Å². The number of aliphatic hydroxyl groups excluding tert-OH is 1. The van der Waals surface area contributed by atoms with Crippen LogP contribution in [0.25, 0.3) is 0 Å². The Bertz CT molecular complexity index is 592. The Kier molecular flexibility index (Phi) is 5.13. The van der Waals surface area contributed by atoms with Crippen LogP contribution in [0.5, 0.6) is 0 Å². The molecule has 0 aliphatic carbocycles. The van der Waals surface area contributed by atoms with Crippen molar-refractivity contribution in [1.82, 2.24) is 0 Å². The molecule has 4 heteroatoms. The van der Waals surface area contributed by atoms with E-state index in [9.17, 15) is 9.59 Å². The normalized spacial score (nSPS) is 15.4. The highest BCUT2D eigenvalue weighted by Crippen LogP contribution is 2.26. The molecule has 1 fully saturated rings. The van der Waals surface area contributed by atoms with Gasteiger partial charge >= 0.3 is 0 Å². The maximum Gasteiger partial charge on any atom is 0.233 e. The van der Waals surface area contributed by atoms with Gasteiger partial charge in [0.15, 0.2) is 0 Å². The molecular weight excluding hydrogens is 266 g/mol. The van der Waals surface area contributed by atoms with Crippen molar-refractivity contribution >= 4 is 17.5 Å². The molecule has 0 unspecified atom stereocenters. The molecular formula is C17H19NO3. The molecule has 2 rings (SSSR count). The van der Waals surface area contributed by atoms with Crippen molar-refractivity contribution < 1.29 is 14.7 Å². The summed E-state index contributed by atoms with van der Waals surface area (Å²) >= 11 is 0. The van der Waals surface area contributed by atoms with Crippen LogP contribution < -0.4 is 4.90 Å². The third-order valence-corrected chi connectivity index (χ3v) is 3.54. The van der Waals surface area contributed by atoms with Crippen LogP contribution in [-0.4, -0.2) is 23.5 Å². The van der Waals surface area contributed by atoms with Crippen molar-refractivity contribution in [3.63, 3.8) is 0 Å². The van der Waals surface area contributed by atoms with Crippen molar-refractivity contribution in [1.29, 1.82) is 0 Å². The molecule has 1 N–H and O–H groups in total. The number of carbonyl (C=O) groups excluding carboxylic acids is 2. The summed E-state index contributed by atoms with van der Waals surface area (Å²) in [5, 5.41) is 8.74. The van der Waals surface area contributed by atoms with Crippen molar-refractivity contribution in [3.05, 3.63) is 29.3 Å². The molecule has 110 valence electrons. The first-order valence-corrected chi connectivity index (χ1v) is 7.25. The van der Waals surface area contributed by atoms with E-state index >= 15 is 0 Å². The average molecular weight is 285 g/mol. The van der Waals surface area contributed by atoms with Crippen LogP contribution in [0.15, 0.2) is 18.2 Å². The van der Waals surface area contributed by atoms with E-state index in [1.54, 1.807) is 12.1 Å². The molecule has 2 amide bonds. The second-order valence-electron chi connectivity index (χ2n) is 4.99. The van der Waals surface area contributed by atoms with Crippen LogP contribution in [0.4, 0.5) is 5.69 Å². The molecule has 0 bridgehead atoms. The highest BCUT2D eigenvalue weighted by Gasteiger charge is 2.27. The third kappa shape index (κ3) is 3.50. The zero-order valence-corrected chi connectivity index (χ0v) is 12.2. The number of aliphatic hydroxyl groups is 1. The first-order valence-electron chi connectivity index (χ1n) is 7.25. The molecule has 1 aromatic carbocycles. The maximum atomic E-state index is 12.2. The SMILES string of the molecule is CCc1cc(C#CCO)ccc1N1C(=O)CCCCC1=O. The molecule has 1 saturated heterocycles. The lowest BCUT2D eigenvalue weighted by molar-refractivity contribution is -0.125. The van der Waals surface area contributed by atoms with E-state index in [4.69, 9.17) is 5.11 Å². The Balaban J connectivity index is 2.41. The van der Waals surface area contributed by atoms with Gasteiger partial charge in [0.1, 0.15) is 6.61 Å². The van der Waals surface area contributed by atoms with E-state index in [-0.39, 0.29) is 18.4 Å². The zero-order valence-electron chi connectivity index (χ0n) is 12.2. The summed E-state index contributed by atoms with van der Waals surface area (Å²) in [7, 11) is 0. The Morgan fingerprint density at radius 2 is 1.86 bits per heavy atom. The van der Waals surface area contributed by atoms with Gasteiger partial charge in [-0.3, -0.25) is 14.5 Å². The summed E-state index contributed by atoms with van der Waals surface area (Å²) < 4.78 is 0. The number of carbonyl (C=O) groups is 2. The highest BCUT2D eigenvalue weighted by atomic mass is 16.2. The summed E-state index contributed by atoms with van der Waals surface area (Å²) in [6.07, 6.45) is 3.08. The molecule has 0 spiro atoms. The number of hydrogen-bond acceptors (Lipinski definition) is 3. The first kappa shape index (κ1) is 15.3. The Morgan fingerprint density at radius 1 is 1.19 bits per heavy atom. The van der Waals surface area contributed by atoms with Crippen molar-refractivity contribution in [2.24, 2.45) is 0 Å². The standard InChI is InChI=1S/C17H19NO3/c1-2-14-12-13(6-5-11-19)9-10-15(14)18-16(20)7-3-4-8-17(18)21/h9-10,12,19H,2-4,7-8,11H2,1H3. The van der Waals surface area contributed by atoms with Gasteiger partial charge < -0.3 is 5.11 Å². The largest absolute Gasteiger partial charge is 0.384 e. The van der Waals surface area contributed by atoms with E-state index in [1.807, 2.05) is 13.0 Å². The predicted octanol–water partition coefficient (Wildman–Crippen LogP) is 2.03. The van der Waals surface area contributed by atoms with Gasteiger partial charge in [-0.15, -0.1) is 0 Å². The number of nitrogens with zero attached hydrogens (tertiary/aromatic N) is 1. The Morgan fingerprint density at radius 3 is 2.43 bits per heavy atom. The van der Waals surface area contributed by atoms with Gasteiger partial charge in [-0.05, 0) is 43.0 Å². The summed E-state index contributed by atoms with van der Waals surface area (Å²) in [4.78, 5) is 25.7. The van der Waals surface area contributed by atoms with E-state index in [0.29, 0.717) is 24.9 Å². The average Bonchev–Trinajstić information content (AvgIpc) is 2.66. The maximum absolute atomic E-state index is 12.2. The van der Waals surface area contributed by atoms with Crippen LogP contribution in [0.1, 0.15) is 43.7 Å². The minimum absolute atomic E-state index is 0.124. The molecule has 4 nitrogen and oxygen atoms in total. The number of imide groups is 1. The quantitative estimate of drug-likeness (QED) is 0.668. The molecule has 0 radical (unpaired) electrons. The lowest BCUT2D eigenvalue weighted by atomic mass is 10.0. The number of anilines is 1. The van der Waals surface area contributed by atoms with E-state index in [0.717, 1.165) is 24.0 Å². The zero-order chi connectivity index (χ0) is 15.2. The van der Waals surface area contributed by atoms with Crippen LogP contribution in [-0.2, 0) is 16.0 Å². The molecule has 1 aliphatic rings. The van der Waals surface area contributed by atoms with Crippen molar-refractivity contribution in [2.45, 2.75) is 39.0 Å². The third-order valence-electron chi connectivity index (χ3n) is 3.54. The van der Waals surface area contributed by atoms with Crippen LogP contribution >= 0.6 is 0 Å². The second kappa shape index (κ2) is 7.05. The van der Waals surface area contributed by atoms with Crippen LogP contribution in [0.2, 0.25) is 0 Å².